The second kappa shape index (κ2) is 5.20. The van der Waals surface area contributed by atoms with Gasteiger partial charge in [-0.1, -0.05) is 23.3 Å². The van der Waals surface area contributed by atoms with E-state index in [0.29, 0.717) is 16.5 Å². The standard InChI is InChI=1S/C14H8F2N2O3/c15-9-6-7-12(11(16)8-9)18-14(19)21-13(17-18)20-10-4-2-1-3-5-10/h1-8H. The highest BCUT2D eigenvalue weighted by Crippen LogP contribution is 2.19. The van der Waals surface area contributed by atoms with Gasteiger partial charge in [-0.25, -0.2) is 13.6 Å². The summed E-state index contributed by atoms with van der Waals surface area (Å²) < 4.78 is 37.2. The lowest BCUT2D eigenvalue weighted by Gasteiger charge is -2.00. The van der Waals surface area contributed by atoms with Crippen LogP contribution in [0.2, 0.25) is 0 Å². The van der Waals surface area contributed by atoms with Gasteiger partial charge in [0.1, 0.15) is 17.3 Å². The summed E-state index contributed by atoms with van der Waals surface area (Å²) in [5.74, 6) is -2.22. The first kappa shape index (κ1) is 13.0. The third kappa shape index (κ3) is 2.66. The van der Waals surface area contributed by atoms with Crippen LogP contribution < -0.4 is 10.5 Å². The van der Waals surface area contributed by atoms with Crippen molar-refractivity contribution in [3.8, 4) is 17.5 Å². The topological polar surface area (TPSA) is 57.3 Å². The van der Waals surface area contributed by atoms with Gasteiger partial charge in [-0.15, -0.1) is 0 Å². The van der Waals surface area contributed by atoms with E-state index in [9.17, 15) is 13.6 Å². The third-order valence-corrected chi connectivity index (χ3v) is 2.62. The van der Waals surface area contributed by atoms with Gasteiger partial charge in [0, 0.05) is 6.07 Å². The number of halogens is 2. The molecule has 0 saturated carbocycles. The van der Waals surface area contributed by atoms with Crippen LogP contribution in [0.25, 0.3) is 5.69 Å². The summed E-state index contributed by atoms with van der Waals surface area (Å²) in [7, 11) is 0. The van der Waals surface area contributed by atoms with E-state index in [1.165, 1.54) is 0 Å². The summed E-state index contributed by atoms with van der Waals surface area (Å²) in [4.78, 5) is 11.7. The zero-order valence-corrected chi connectivity index (χ0v) is 10.5. The average molecular weight is 290 g/mol. The lowest BCUT2D eigenvalue weighted by Crippen LogP contribution is -2.15. The van der Waals surface area contributed by atoms with Crippen LogP contribution in [0, 0.1) is 11.6 Å². The van der Waals surface area contributed by atoms with Crippen LogP contribution in [0.15, 0.2) is 57.7 Å². The fourth-order valence-corrected chi connectivity index (χ4v) is 1.70. The minimum atomic E-state index is -0.938. The maximum Gasteiger partial charge on any atom is 0.444 e. The Morgan fingerprint density at radius 2 is 1.86 bits per heavy atom. The quantitative estimate of drug-likeness (QED) is 0.744. The first-order valence-corrected chi connectivity index (χ1v) is 5.92. The number of para-hydroxylation sites is 1. The summed E-state index contributed by atoms with van der Waals surface area (Å²) in [6.45, 7) is 0. The molecule has 7 heteroatoms. The van der Waals surface area contributed by atoms with Crippen molar-refractivity contribution in [3.63, 3.8) is 0 Å². The van der Waals surface area contributed by atoms with Crippen molar-refractivity contribution in [2.45, 2.75) is 0 Å². The van der Waals surface area contributed by atoms with Crippen LogP contribution >= 0.6 is 0 Å². The average Bonchev–Trinajstić information content (AvgIpc) is 2.80. The molecule has 1 heterocycles. The summed E-state index contributed by atoms with van der Waals surface area (Å²) in [5, 5.41) is 3.72. The molecule has 5 nitrogen and oxygen atoms in total. The number of rotatable bonds is 3. The van der Waals surface area contributed by atoms with Crippen LogP contribution in [0.1, 0.15) is 0 Å². The van der Waals surface area contributed by atoms with Crippen molar-refractivity contribution in [2.75, 3.05) is 0 Å². The molecular weight excluding hydrogens is 282 g/mol. The second-order valence-corrected chi connectivity index (χ2v) is 4.06. The van der Waals surface area contributed by atoms with Gasteiger partial charge in [0.05, 0.1) is 0 Å². The lowest BCUT2D eigenvalue weighted by molar-refractivity contribution is 0.320. The Labute approximate surface area is 117 Å². The minimum absolute atomic E-state index is 0.229. The molecule has 0 unspecified atom stereocenters. The van der Waals surface area contributed by atoms with Crippen LogP contribution in [0.3, 0.4) is 0 Å². The largest absolute Gasteiger partial charge is 0.444 e. The second-order valence-electron chi connectivity index (χ2n) is 4.06. The smallest absolute Gasteiger partial charge is 0.410 e. The van der Waals surface area contributed by atoms with E-state index < -0.39 is 17.4 Å². The van der Waals surface area contributed by atoms with Crippen molar-refractivity contribution in [1.29, 1.82) is 0 Å². The summed E-state index contributed by atoms with van der Waals surface area (Å²) >= 11 is 0. The van der Waals surface area contributed by atoms with Crippen molar-refractivity contribution in [1.82, 2.24) is 9.78 Å². The van der Waals surface area contributed by atoms with E-state index in [0.717, 1.165) is 12.1 Å². The molecule has 21 heavy (non-hydrogen) atoms. The number of nitrogens with zero attached hydrogens (tertiary/aromatic N) is 2. The van der Waals surface area contributed by atoms with Gasteiger partial charge in [-0.3, -0.25) is 0 Å². The molecular formula is C14H8F2N2O3. The molecule has 0 aliphatic carbocycles. The van der Waals surface area contributed by atoms with Crippen molar-refractivity contribution < 1.29 is 17.9 Å². The van der Waals surface area contributed by atoms with Gasteiger partial charge in [-0.05, 0) is 24.3 Å². The minimum Gasteiger partial charge on any atom is -0.410 e. The molecule has 0 atom stereocenters. The number of ether oxygens (including phenoxy) is 1. The van der Waals surface area contributed by atoms with Crippen LogP contribution in [-0.2, 0) is 0 Å². The van der Waals surface area contributed by atoms with Gasteiger partial charge in [-0.2, -0.15) is 4.68 Å². The number of aromatic nitrogens is 2. The maximum absolute atomic E-state index is 13.6. The van der Waals surface area contributed by atoms with Gasteiger partial charge in [0.25, 0.3) is 0 Å². The van der Waals surface area contributed by atoms with E-state index in [1.807, 2.05) is 0 Å². The molecule has 0 bridgehead atoms. The predicted octanol–water partition coefficient (Wildman–Crippen LogP) is 2.90. The molecule has 106 valence electrons. The van der Waals surface area contributed by atoms with Crippen molar-refractivity contribution >= 4 is 0 Å². The SMILES string of the molecule is O=c1oc(Oc2ccccc2)nn1-c1ccc(F)cc1F. The Bertz CT molecular complexity index is 828. The molecule has 0 fully saturated rings. The zero-order valence-electron chi connectivity index (χ0n) is 10.5. The van der Waals surface area contributed by atoms with Gasteiger partial charge in [0.2, 0.25) is 0 Å². The van der Waals surface area contributed by atoms with Crippen LogP contribution in [0.4, 0.5) is 8.78 Å². The van der Waals surface area contributed by atoms with E-state index in [-0.39, 0.29) is 11.8 Å². The Morgan fingerprint density at radius 3 is 2.57 bits per heavy atom. The molecule has 0 aliphatic heterocycles. The first-order chi connectivity index (χ1) is 10.1. The van der Waals surface area contributed by atoms with Crippen LogP contribution in [-0.4, -0.2) is 9.78 Å². The van der Waals surface area contributed by atoms with E-state index in [1.54, 1.807) is 30.3 Å². The molecule has 0 amide bonds. The van der Waals surface area contributed by atoms with Crippen molar-refractivity contribution in [2.24, 2.45) is 0 Å². The number of hydrogen-bond acceptors (Lipinski definition) is 4. The third-order valence-electron chi connectivity index (χ3n) is 2.62. The van der Waals surface area contributed by atoms with Crippen molar-refractivity contribution in [3.05, 3.63) is 70.7 Å². The van der Waals surface area contributed by atoms with Crippen LogP contribution in [0.5, 0.6) is 11.8 Å². The van der Waals surface area contributed by atoms with Gasteiger partial charge in [0.15, 0.2) is 5.82 Å². The Balaban J connectivity index is 1.96. The maximum atomic E-state index is 13.6. The molecule has 0 N–H and O–H groups in total. The molecule has 0 aliphatic rings. The fourth-order valence-electron chi connectivity index (χ4n) is 1.70. The zero-order chi connectivity index (χ0) is 14.8. The molecule has 2 aromatic carbocycles. The molecule has 1 aromatic heterocycles. The van der Waals surface area contributed by atoms with E-state index >= 15 is 0 Å². The molecule has 3 rings (SSSR count). The highest BCUT2D eigenvalue weighted by molar-refractivity contribution is 5.32. The Morgan fingerprint density at radius 1 is 1.10 bits per heavy atom. The molecule has 0 radical (unpaired) electrons. The van der Waals surface area contributed by atoms with E-state index in [4.69, 9.17) is 9.15 Å². The normalized spacial score (nSPS) is 10.6. The monoisotopic (exact) mass is 290 g/mol. The van der Waals surface area contributed by atoms with Gasteiger partial charge >= 0.3 is 11.8 Å². The molecule has 0 spiro atoms. The Kier molecular flexibility index (Phi) is 3.23. The summed E-state index contributed by atoms with van der Waals surface area (Å²) in [6.07, 6.45) is -0.338. The Hall–Kier alpha value is -2.96. The summed E-state index contributed by atoms with van der Waals surface area (Å²) in [6, 6.07) is 11.3. The summed E-state index contributed by atoms with van der Waals surface area (Å²) in [5.41, 5.74) is -0.229. The highest BCUT2D eigenvalue weighted by Gasteiger charge is 2.15. The molecule has 3 aromatic rings. The number of benzene rings is 2. The molecule has 0 saturated heterocycles. The lowest BCUT2D eigenvalue weighted by atomic mass is 10.3. The fraction of sp³-hybridized carbons (Fsp3) is 0. The predicted molar refractivity (Wildman–Crippen MR) is 68.5 cm³/mol. The van der Waals surface area contributed by atoms with E-state index in [2.05, 4.69) is 5.10 Å². The van der Waals surface area contributed by atoms with Gasteiger partial charge < -0.3 is 9.15 Å². The number of hydrogen-bond donors (Lipinski definition) is 0. The first-order valence-electron chi connectivity index (χ1n) is 5.92. The highest BCUT2D eigenvalue weighted by atomic mass is 19.1.